The third-order valence-electron chi connectivity index (χ3n) is 3.36. The smallest absolute Gasteiger partial charge is 0.259 e. The summed E-state index contributed by atoms with van der Waals surface area (Å²) in [6.07, 6.45) is 0. The lowest BCUT2D eigenvalue weighted by Gasteiger charge is -2.13. The van der Waals surface area contributed by atoms with Crippen molar-refractivity contribution in [2.24, 2.45) is 0 Å². The number of hydrogen-bond donors (Lipinski definition) is 2. The average Bonchev–Trinajstić information content (AvgIpc) is 2.47. The zero-order valence-electron chi connectivity index (χ0n) is 11.7. The number of aromatic hydroxyl groups is 1. The summed E-state index contributed by atoms with van der Waals surface area (Å²) in [4.78, 5) is 12.3. The predicted octanol–water partition coefficient (Wildman–Crippen LogP) is 3.27. The Hall–Kier alpha value is -2.49. The van der Waals surface area contributed by atoms with Gasteiger partial charge in [-0.05, 0) is 49.2 Å². The average molecular weight is 271 g/mol. The largest absolute Gasteiger partial charge is 0.508 e. The van der Waals surface area contributed by atoms with Gasteiger partial charge < -0.3 is 15.2 Å². The third kappa shape index (κ3) is 2.59. The SMILES string of the molecule is COc1ccccc1C(=O)Nc1ccc(O)c(C)c1C. The van der Waals surface area contributed by atoms with Crippen LogP contribution >= 0.6 is 0 Å². The van der Waals surface area contributed by atoms with Gasteiger partial charge in [0.15, 0.2) is 0 Å². The monoisotopic (exact) mass is 271 g/mol. The van der Waals surface area contributed by atoms with Crippen molar-refractivity contribution in [3.63, 3.8) is 0 Å². The van der Waals surface area contributed by atoms with Crippen molar-refractivity contribution >= 4 is 11.6 Å². The lowest BCUT2D eigenvalue weighted by atomic mass is 10.1. The molecule has 2 aromatic carbocycles. The molecule has 2 aromatic rings. The van der Waals surface area contributed by atoms with Crippen molar-refractivity contribution in [2.75, 3.05) is 12.4 Å². The first-order valence-corrected chi connectivity index (χ1v) is 6.28. The molecule has 2 rings (SSSR count). The van der Waals surface area contributed by atoms with Gasteiger partial charge in [0.1, 0.15) is 11.5 Å². The zero-order valence-corrected chi connectivity index (χ0v) is 11.7. The number of phenols is 1. The molecule has 0 unspecified atom stereocenters. The minimum atomic E-state index is -0.240. The Morgan fingerprint density at radius 3 is 2.50 bits per heavy atom. The van der Waals surface area contributed by atoms with Gasteiger partial charge in [-0.15, -0.1) is 0 Å². The highest BCUT2D eigenvalue weighted by molar-refractivity contribution is 6.06. The van der Waals surface area contributed by atoms with Crippen molar-refractivity contribution in [1.82, 2.24) is 0 Å². The van der Waals surface area contributed by atoms with Gasteiger partial charge in [0.2, 0.25) is 0 Å². The van der Waals surface area contributed by atoms with Crippen LogP contribution in [0.3, 0.4) is 0 Å². The van der Waals surface area contributed by atoms with Gasteiger partial charge in [-0.1, -0.05) is 12.1 Å². The Morgan fingerprint density at radius 1 is 1.10 bits per heavy atom. The summed E-state index contributed by atoms with van der Waals surface area (Å²) in [5, 5.41) is 12.5. The van der Waals surface area contributed by atoms with Gasteiger partial charge in [0, 0.05) is 5.69 Å². The molecular formula is C16H17NO3. The summed E-state index contributed by atoms with van der Waals surface area (Å²) in [5.74, 6) is 0.506. The van der Waals surface area contributed by atoms with E-state index < -0.39 is 0 Å². The van der Waals surface area contributed by atoms with E-state index in [9.17, 15) is 9.90 Å². The second kappa shape index (κ2) is 5.65. The number of carbonyl (C=O) groups is 1. The number of amides is 1. The molecule has 0 heterocycles. The Bertz CT molecular complexity index is 650. The fraction of sp³-hybridized carbons (Fsp3) is 0.188. The van der Waals surface area contributed by atoms with E-state index in [1.54, 1.807) is 30.3 Å². The third-order valence-corrected chi connectivity index (χ3v) is 3.36. The molecule has 0 aliphatic carbocycles. The molecule has 20 heavy (non-hydrogen) atoms. The molecular weight excluding hydrogens is 254 g/mol. The molecule has 0 spiro atoms. The second-order valence-electron chi connectivity index (χ2n) is 4.54. The Morgan fingerprint density at radius 2 is 1.80 bits per heavy atom. The van der Waals surface area contributed by atoms with E-state index in [2.05, 4.69) is 5.32 Å². The number of anilines is 1. The number of hydrogen-bond acceptors (Lipinski definition) is 3. The van der Waals surface area contributed by atoms with Crippen LogP contribution in [0.15, 0.2) is 36.4 Å². The molecule has 4 heteroatoms. The first-order chi connectivity index (χ1) is 9.54. The molecule has 0 saturated carbocycles. The molecule has 0 aliphatic rings. The lowest BCUT2D eigenvalue weighted by molar-refractivity contribution is 0.102. The van der Waals surface area contributed by atoms with Gasteiger partial charge >= 0.3 is 0 Å². The number of para-hydroxylation sites is 1. The molecule has 0 bridgehead atoms. The molecule has 0 saturated heterocycles. The summed E-state index contributed by atoms with van der Waals surface area (Å²) in [6, 6.07) is 10.3. The summed E-state index contributed by atoms with van der Waals surface area (Å²) >= 11 is 0. The highest BCUT2D eigenvalue weighted by Crippen LogP contribution is 2.27. The van der Waals surface area contributed by atoms with E-state index in [1.807, 2.05) is 19.9 Å². The van der Waals surface area contributed by atoms with Crippen LogP contribution < -0.4 is 10.1 Å². The van der Waals surface area contributed by atoms with E-state index in [0.717, 1.165) is 11.1 Å². The van der Waals surface area contributed by atoms with Crippen LogP contribution in [0.2, 0.25) is 0 Å². The van der Waals surface area contributed by atoms with E-state index in [0.29, 0.717) is 17.0 Å². The minimum absolute atomic E-state index is 0.220. The molecule has 0 radical (unpaired) electrons. The standard InChI is InChI=1S/C16H17NO3/c1-10-11(2)14(18)9-8-13(10)17-16(19)12-6-4-5-7-15(12)20-3/h4-9,18H,1-3H3,(H,17,19). The maximum atomic E-state index is 12.3. The topological polar surface area (TPSA) is 58.6 Å². The Labute approximate surface area is 118 Å². The summed E-state index contributed by atoms with van der Waals surface area (Å²) in [5.41, 5.74) is 2.74. The fourth-order valence-electron chi connectivity index (χ4n) is 1.96. The summed E-state index contributed by atoms with van der Waals surface area (Å²) < 4.78 is 5.18. The highest BCUT2D eigenvalue weighted by Gasteiger charge is 2.13. The van der Waals surface area contributed by atoms with Crippen LogP contribution in [0.1, 0.15) is 21.5 Å². The number of phenolic OH excluding ortho intramolecular Hbond substituents is 1. The number of ether oxygens (including phenoxy) is 1. The first-order valence-electron chi connectivity index (χ1n) is 6.28. The fourth-order valence-corrected chi connectivity index (χ4v) is 1.96. The molecule has 0 aliphatic heterocycles. The lowest BCUT2D eigenvalue weighted by Crippen LogP contribution is -2.14. The van der Waals surface area contributed by atoms with E-state index >= 15 is 0 Å². The van der Waals surface area contributed by atoms with E-state index in [-0.39, 0.29) is 11.7 Å². The zero-order chi connectivity index (χ0) is 14.7. The first kappa shape index (κ1) is 13.9. The van der Waals surface area contributed by atoms with Crippen molar-refractivity contribution < 1.29 is 14.6 Å². The van der Waals surface area contributed by atoms with Gasteiger partial charge in [-0.3, -0.25) is 4.79 Å². The molecule has 0 fully saturated rings. The number of rotatable bonds is 3. The second-order valence-corrected chi connectivity index (χ2v) is 4.54. The number of nitrogens with one attached hydrogen (secondary N) is 1. The van der Waals surface area contributed by atoms with Gasteiger partial charge in [0.05, 0.1) is 12.7 Å². The minimum Gasteiger partial charge on any atom is -0.508 e. The molecule has 1 amide bonds. The Kier molecular flexibility index (Phi) is 3.94. The summed E-state index contributed by atoms with van der Waals surface area (Å²) in [6.45, 7) is 3.66. The number of methoxy groups -OCH3 is 1. The normalized spacial score (nSPS) is 10.2. The number of benzene rings is 2. The van der Waals surface area contributed by atoms with Crippen molar-refractivity contribution in [3.05, 3.63) is 53.1 Å². The van der Waals surface area contributed by atoms with Crippen LogP contribution in [-0.4, -0.2) is 18.1 Å². The molecule has 4 nitrogen and oxygen atoms in total. The highest BCUT2D eigenvalue weighted by atomic mass is 16.5. The molecule has 0 aromatic heterocycles. The van der Waals surface area contributed by atoms with Crippen molar-refractivity contribution in [1.29, 1.82) is 0 Å². The number of carbonyl (C=O) groups excluding carboxylic acids is 1. The van der Waals surface area contributed by atoms with Crippen LogP contribution in [0.4, 0.5) is 5.69 Å². The predicted molar refractivity (Wildman–Crippen MR) is 78.5 cm³/mol. The maximum Gasteiger partial charge on any atom is 0.259 e. The van der Waals surface area contributed by atoms with Crippen LogP contribution in [0, 0.1) is 13.8 Å². The van der Waals surface area contributed by atoms with E-state index in [1.165, 1.54) is 7.11 Å². The van der Waals surface area contributed by atoms with Gasteiger partial charge in [-0.2, -0.15) is 0 Å². The van der Waals surface area contributed by atoms with Gasteiger partial charge in [-0.25, -0.2) is 0 Å². The molecule has 104 valence electrons. The molecule has 2 N–H and O–H groups in total. The maximum absolute atomic E-state index is 12.3. The Balaban J connectivity index is 2.31. The van der Waals surface area contributed by atoms with Gasteiger partial charge in [0.25, 0.3) is 5.91 Å². The van der Waals surface area contributed by atoms with Crippen LogP contribution in [0.5, 0.6) is 11.5 Å². The van der Waals surface area contributed by atoms with E-state index in [4.69, 9.17) is 4.74 Å². The molecule has 0 atom stereocenters. The quantitative estimate of drug-likeness (QED) is 0.842. The van der Waals surface area contributed by atoms with Crippen molar-refractivity contribution in [2.45, 2.75) is 13.8 Å². The summed E-state index contributed by atoms with van der Waals surface area (Å²) in [7, 11) is 1.53. The van der Waals surface area contributed by atoms with Crippen LogP contribution in [0.25, 0.3) is 0 Å². The van der Waals surface area contributed by atoms with Crippen molar-refractivity contribution in [3.8, 4) is 11.5 Å². The van der Waals surface area contributed by atoms with Crippen LogP contribution in [-0.2, 0) is 0 Å².